The van der Waals surface area contributed by atoms with Crippen LogP contribution in [0.1, 0.15) is 24.8 Å². The van der Waals surface area contributed by atoms with Gasteiger partial charge in [0.1, 0.15) is 5.75 Å². The summed E-state index contributed by atoms with van der Waals surface area (Å²) in [5.74, 6) is 0.434. The molecule has 0 radical (unpaired) electrons. The number of carbonyl (C=O) groups is 1. The molecular formula is C21H26N2O4S. The van der Waals surface area contributed by atoms with Crippen molar-refractivity contribution in [2.24, 2.45) is 0 Å². The van der Waals surface area contributed by atoms with Gasteiger partial charge in [-0.05, 0) is 44.0 Å². The molecule has 0 aromatic heterocycles. The number of carbonyl (C=O) groups excluding carboxylic acids is 1. The molecule has 1 amide bonds. The highest BCUT2D eigenvalue weighted by molar-refractivity contribution is 7.92. The average Bonchev–Trinajstić information content (AvgIpc) is 3.23. The van der Waals surface area contributed by atoms with Crippen molar-refractivity contribution in [3.05, 3.63) is 54.1 Å². The largest absolute Gasteiger partial charge is 0.495 e. The van der Waals surface area contributed by atoms with E-state index >= 15 is 0 Å². The summed E-state index contributed by atoms with van der Waals surface area (Å²) in [6.45, 7) is 3.46. The first-order valence-corrected chi connectivity index (χ1v) is 10.9. The Morgan fingerprint density at radius 2 is 1.71 bits per heavy atom. The molecule has 150 valence electrons. The summed E-state index contributed by atoms with van der Waals surface area (Å²) in [6, 6.07) is 13.7. The molecule has 2 aromatic carbocycles. The molecule has 2 aromatic rings. The van der Waals surface area contributed by atoms with Crippen LogP contribution in [0.2, 0.25) is 0 Å². The minimum Gasteiger partial charge on any atom is -0.495 e. The fourth-order valence-electron chi connectivity index (χ4n) is 3.37. The molecule has 0 atom stereocenters. The van der Waals surface area contributed by atoms with E-state index in [1.165, 1.54) is 11.4 Å². The Bertz CT molecular complexity index is 920. The van der Waals surface area contributed by atoms with E-state index in [2.05, 4.69) is 0 Å². The van der Waals surface area contributed by atoms with Crippen LogP contribution in [0.5, 0.6) is 5.75 Å². The van der Waals surface area contributed by atoms with Gasteiger partial charge in [-0.1, -0.05) is 29.8 Å². The predicted molar refractivity (Wildman–Crippen MR) is 109 cm³/mol. The topological polar surface area (TPSA) is 66.9 Å². The van der Waals surface area contributed by atoms with E-state index in [9.17, 15) is 13.2 Å². The third kappa shape index (κ3) is 4.30. The van der Waals surface area contributed by atoms with Gasteiger partial charge in [0, 0.05) is 26.1 Å². The summed E-state index contributed by atoms with van der Waals surface area (Å²) in [5, 5.41) is 0. The SMILES string of the molecule is COc1ccccc1N(CCC(=O)N1CCCC1)S(=O)(=O)c1ccc(C)cc1. The number of aryl methyl sites for hydroxylation is 1. The third-order valence-corrected chi connectivity index (χ3v) is 6.78. The zero-order chi connectivity index (χ0) is 20.1. The molecule has 1 fully saturated rings. The molecule has 3 rings (SSSR count). The minimum absolute atomic E-state index is 0.0171. The second-order valence-corrected chi connectivity index (χ2v) is 8.76. The van der Waals surface area contributed by atoms with Crippen molar-refractivity contribution < 1.29 is 17.9 Å². The van der Waals surface area contributed by atoms with E-state index in [0.717, 1.165) is 31.5 Å². The van der Waals surface area contributed by atoms with Crippen LogP contribution in [-0.2, 0) is 14.8 Å². The van der Waals surface area contributed by atoms with Crippen LogP contribution in [0.3, 0.4) is 0 Å². The highest BCUT2D eigenvalue weighted by Crippen LogP contribution is 2.32. The molecule has 0 spiro atoms. The lowest BCUT2D eigenvalue weighted by Gasteiger charge is -2.27. The van der Waals surface area contributed by atoms with Gasteiger partial charge in [0.15, 0.2) is 0 Å². The van der Waals surface area contributed by atoms with Gasteiger partial charge in [-0.3, -0.25) is 9.10 Å². The first-order valence-electron chi connectivity index (χ1n) is 9.43. The second-order valence-electron chi connectivity index (χ2n) is 6.90. The van der Waals surface area contributed by atoms with E-state index in [4.69, 9.17) is 4.74 Å². The lowest BCUT2D eigenvalue weighted by atomic mass is 10.2. The Morgan fingerprint density at radius 3 is 2.36 bits per heavy atom. The number of anilines is 1. The van der Waals surface area contributed by atoms with E-state index in [0.29, 0.717) is 11.4 Å². The maximum Gasteiger partial charge on any atom is 0.264 e. The van der Waals surface area contributed by atoms with Crippen LogP contribution in [0.4, 0.5) is 5.69 Å². The third-order valence-electron chi connectivity index (χ3n) is 4.95. The number of rotatable bonds is 7. The van der Waals surface area contributed by atoms with Crippen LogP contribution >= 0.6 is 0 Å². The van der Waals surface area contributed by atoms with E-state index < -0.39 is 10.0 Å². The van der Waals surface area contributed by atoms with Crippen molar-refractivity contribution in [1.82, 2.24) is 4.90 Å². The first kappa shape index (κ1) is 20.2. The van der Waals surface area contributed by atoms with Crippen molar-refractivity contribution in [2.45, 2.75) is 31.1 Å². The zero-order valence-corrected chi connectivity index (χ0v) is 17.1. The molecule has 7 heteroatoms. The van der Waals surface area contributed by atoms with Crippen molar-refractivity contribution in [3.8, 4) is 5.75 Å². The fraction of sp³-hybridized carbons (Fsp3) is 0.381. The number of para-hydroxylation sites is 2. The molecule has 0 unspecified atom stereocenters. The fourth-order valence-corrected chi connectivity index (χ4v) is 4.84. The number of nitrogens with zero attached hydrogens (tertiary/aromatic N) is 2. The van der Waals surface area contributed by atoms with Crippen LogP contribution in [0.15, 0.2) is 53.4 Å². The summed E-state index contributed by atoms with van der Waals surface area (Å²) >= 11 is 0. The molecule has 1 aliphatic rings. The summed E-state index contributed by atoms with van der Waals surface area (Å²) in [4.78, 5) is 14.5. The Balaban J connectivity index is 1.94. The van der Waals surface area contributed by atoms with Crippen LogP contribution < -0.4 is 9.04 Å². The summed E-state index contributed by atoms with van der Waals surface area (Å²) in [5.41, 5.74) is 1.41. The molecule has 0 aliphatic carbocycles. The lowest BCUT2D eigenvalue weighted by Crippen LogP contribution is -2.36. The van der Waals surface area contributed by atoms with Gasteiger partial charge in [0.2, 0.25) is 5.91 Å². The maximum atomic E-state index is 13.4. The smallest absolute Gasteiger partial charge is 0.264 e. The van der Waals surface area contributed by atoms with Gasteiger partial charge in [0.05, 0.1) is 17.7 Å². The Morgan fingerprint density at radius 1 is 1.07 bits per heavy atom. The number of benzene rings is 2. The van der Waals surface area contributed by atoms with Crippen molar-refractivity contribution >= 4 is 21.6 Å². The standard InChI is InChI=1S/C21H26N2O4S/c1-17-9-11-18(12-10-17)28(25,26)23(19-7-3-4-8-20(19)27-2)16-13-21(24)22-14-5-6-15-22/h3-4,7-12H,5-6,13-16H2,1-2H3. The summed E-state index contributed by atoms with van der Waals surface area (Å²) < 4.78 is 33.4. The predicted octanol–water partition coefficient (Wildman–Crippen LogP) is 3.21. The highest BCUT2D eigenvalue weighted by atomic mass is 32.2. The quantitative estimate of drug-likeness (QED) is 0.713. The minimum atomic E-state index is -3.84. The van der Waals surface area contributed by atoms with Gasteiger partial charge in [-0.15, -0.1) is 0 Å². The van der Waals surface area contributed by atoms with Gasteiger partial charge < -0.3 is 9.64 Å². The number of hydrogen-bond acceptors (Lipinski definition) is 4. The average molecular weight is 403 g/mol. The molecular weight excluding hydrogens is 376 g/mol. The van der Waals surface area contributed by atoms with Crippen LogP contribution in [0.25, 0.3) is 0 Å². The van der Waals surface area contributed by atoms with Crippen LogP contribution in [0, 0.1) is 6.92 Å². The van der Waals surface area contributed by atoms with Gasteiger partial charge in [-0.2, -0.15) is 0 Å². The maximum absolute atomic E-state index is 13.4. The monoisotopic (exact) mass is 402 g/mol. The van der Waals surface area contributed by atoms with Gasteiger partial charge in [0.25, 0.3) is 10.0 Å². The molecule has 0 saturated carbocycles. The molecule has 1 saturated heterocycles. The second kappa shape index (κ2) is 8.65. The van der Waals surface area contributed by atoms with Crippen molar-refractivity contribution in [2.75, 3.05) is 31.0 Å². The molecule has 28 heavy (non-hydrogen) atoms. The van der Waals surface area contributed by atoms with Gasteiger partial charge in [-0.25, -0.2) is 8.42 Å². The van der Waals surface area contributed by atoms with Gasteiger partial charge >= 0.3 is 0 Å². The number of likely N-dealkylation sites (tertiary alicyclic amines) is 1. The molecule has 0 N–H and O–H groups in total. The molecule has 0 bridgehead atoms. The summed E-state index contributed by atoms with van der Waals surface area (Å²) in [6.07, 6.45) is 2.14. The number of ether oxygens (including phenoxy) is 1. The van der Waals surface area contributed by atoms with E-state index in [1.807, 2.05) is 6.92 Å². The van der Waals surface area contributed by atoms with E-state index in [-0.39, 0.29) is 23.8 Å². The van der Waals surface area contributed by atoms with E-state index in [1.54, 1.807) is 53.4 Å². The summed E-state index contributed by atoms with van der Waals surface area (Å²) in [7, 11) is -2.34. The number of amides is 1. The zero-order valence-electron chi connectivity index (χ0n) is 16.3. The lowest BCUT2D eigenvalue weighted by molar-refractivity contribution is -0.129. The Kier molecular flexibility index (Phi) is 6.24. The normalized spacial score (nSPS) is 14.1. The first-order chi connectivity index (χ1) is 13.4. The number of sulfonamides is 1. The van der Waals surface area contributed by atoms with Crippen molar-refractivity contribution in [3.63, 3.8) is 0 Å². The van der Waals surface area contributed by atoms with Crippen LogP contribution in [-0.4, -0.2) is 46.0 Å². The molecule has 1 aliphatic heterocycles. The number of hydrogen-bond donors (Lipinski definition) is 0. The Hall–Kier alpha value is -2.54. The Labute approximate surface area is 166 Å². The number of methoxy groups -OCH3 is 1. The molecule has 6 nitrogen and oxygen atoms in total. The highest BCUT2D eigenvalue weighted by Gasteiger charge is 2.28. The van der Waals surface area contributed by atoms with Crippen molar-refractivity contribution in [1.29, 1.82) is 0 Å². The molecule has 1 heterocycles.